The maximum Gasteiger partial charge on any atom is 0.127 e. The molecule has 0 bridgehead atoms. The fourth-order valence-electron chi connectivity index (χ4n) is 4.34. The third-order valence-corrected chi connectivity index (χ3v) is 5.91. The Morgan fingerprint density at radius 2 is 1.69 bits per heavy atom. The van der Waals surface area contributed by atoms with Crippen LogP contribution < -0.4 is 0 Å². The van der Waals surface area contributed by atoms with Crippen LogP contribution in [0.25, 0.3) is 11.1 Å². The van der Waals surface area contributed by atoms with Crippen LogP contribution in [-0.2, 0) is 6.42 Å². The minimum absolute atomic E-state index is 0.0304. The van der Waals surface area contributed by atoms with E-state index in [4.69, 9.17) is 0 Å². The molecule has 2 aromatic carbocycles. The molecule has 1 saturated carbocycles. The average molecular weight is 351 g/mol. The van der Waals surface area contributed by atoms with E-state index in [1.54, 1.807) is 6.07 Å². The maximum absolute atomic E-state index is 14.8. The summed E-state index contributed by atoms with van der Waals surface area (Å²) in [5.41, 5.74) is 4.28. The smallest absolute Gasteiger partial charge is 0.127 e. The number of allylic oxidation sites excluding steroid dienone is 1. The van der Waals surface area contributed by atoms with Gasteiger partial charge in [0.25, 0.3) is 0 Å². The summed E-state index contributed by atoms with van der Waals surface area (Å²) in [5.74, 6) is 1.23. The molecule has 1 heteroatoms. The van der Waals surface area contributed by atoms with Crippen LogP contribution >= 0.6 is 0 Å². The summed E-state index contributed by atoms with van der Waals surface area (Å²) < 4.78 is 14.8. The SMILES string of the molecule is C=CCCc1ccc(-c2ccc(C3CCC(CCC)CC3)c(F)c2)cc1. The minimum Gasteiger partial charge on any atom is -0.207 e. The second kappa shape index (κ2) is 9.16. The summed E-state index contributed by atoms with van der Waals surface area (Å²) in [5, 5.41) is 0. The second-order valence-corrected chi connectivity index (χ2v) is 7.77. The van der Waals surface area contributed by atoms with Crippen molar-refractivity contribution < 1.29 is 4.39 Å². The van der Waals surface area contributed by atoms with E-state index in [0.717, 1.165) is 48.3 Å². The molecule has 0 aliphatic heterocycles. The van der Waals surface area contributed by atoms with Gasteiger partial charge < -0.3 is 0 Å². The average Bonchev–Trinajstić information content (AvgIpc) is 2.68. The summed E-state index contributed by atoms with van der Waals surface area (Å²) in [4.78, 5) is 0. The summed E-state index contributed by atoms with van der Waals surface area (Å²) >= 11 is 0. The molecular formula is C25H31F. The Kier molecular flexibility index (Phi) is 6.66. The van der Waals surface area contributed by atoms with Gasteiger partial charge in [0.1, 0.15) is 5.82 Å². The monoisotopic (exact) mass is 350 g/mol. The highest BCUT2D eigenvalue weighted by molar-refractivity contribution is 5.64. The molecule has 1 aliphatic carbocycles. The zero-order chi connectivity index (χ0) is 18.4. The van der Waals surface area contributed by atoms with Crippen LogP contribution in [0.15, 0.2) is 55.1 Å². The van der Waals surface area contributed by atoms with Crippen molar-refractivity contribution in [2.24, 2.45) is 5.92 Å². The van der Waals surface area contributed by atoms with Crippen LogP contribution in [0, 0.1) is 11.7 Å². The molecule has 3 rings (SSSR count). The van der Waals surface area contributed by atoms with E-state index < -0.39 is 0 Å². The Morgan fingerprint density at radius 3 is 2.31 bits per heavy atom. The summed E-state index contributed by atoms with van der Waals surface area (Å²) in [6, 6.07) is 14.3. The lowest BCUT2D eigenvalue weighted by Gasteiger charge is -2.29. The van der Waals surface area contributed by atoms with E-state index in [0.29, 0.717) is 5.92 Å². The fourth-order valence-corrected chi connectivity index (χ4v) is 4.34. The van der Waals surface area contributed by atoms with Gasteiger partial charge in [-0.1, -0.05) is 62.2 Å². The summed E-state index contributed by atoms with van der Waals surface area (Å²) in [6.45, 7) is 6.03. The number of benzene rings is 2. The third kappa shape index (κ3) is 4.63. The maximum atomic E-state index is 14.8. The van der Waals surface area contributed by atoms with Gasteiger partial charge in [0, 0.05) is 0 Å². The van der Waals surface area contributed by atoms with E-state index in [1.165, 1.54) is 31.2 Å². The molecule has 0 unspecified atom stereocenters. The highest BCUT2D eigenvalue weighted by Gasteiger charge is 2.24. The van der Waals surface area contributed by atoms with E-state index in [1.807, 2.05) is 12.1 Å². The number of rotatable bonds is 7. The van der Waals surface area contributed by atoms with Crippen LogP contribution in [0.2, 0.25) is 0 Å². The molecule has 0 atom stereocenters. The Morgan fingerprint density at radius 1 is 1.00 bits per heavy atom. The van der Waals surface area contributed by atoms with Crippen molar-refractivity contribution in [3.05, 3.63) is 72.1 Å². The Bertz CT molecular complexity index is 705. The zero-order valence-electron chi connectivity index (χ0n) is 16.0. The van der Waals surface area contributed by atoms with Gasteiger partial charge in [-0.2, -0.15) is 0 Å². The first-order chi connectivity index (χ1) is 12.7. The van der Waals surface area contributed by atoms with Crippen molar-refractivity contribution in [2.45, 2.75) is 64.2 Å². The topological polar surface area (TPSA) is 0 Å². The van der Waals surface area contributed by atoms with Crippen LogP contribution in [0.4, 0.5) is 4.39 Å². The van der Waals surface area contributed by atoms with Crippen molar-refractivity contribution in [2.75, 3.05) is 0 Å². The molecule has 138 valence electrons. The first-order valence-corrected chi connectivity index (χ1v) is 10.2. The first kappa shape index (κ1) is 18.9. The lowest BCUT2D eigenvalue weighted by atomic mass is 9.77. The standard InChI is InChI=1S/C25H31F/c1-3-5-7-20-8-12-21(13-9-20)23-16-17-24(25(26)18-23)22-14-10-19(6-4-2)11-15-22/h3,8-9,12-13,16-19,22H,1,4-7,10-11,14-15H2,2H3. The lowest BCUT2D eigenvalue weighted by molar-refractivity contribution is 0.304. The summed E-state index contributed by atoms with van der Waals surface area (Å²) in [7, 11) is 0. The van der Waals surface area contributed by atoms with E-state index >= 15 is 0 Å². The van der Waals surface area contributed by atoms with Gasteiger partial charge in [-0.25, -0.2) is 4.39 Å². The van der Waals surface area contributed by atoms with Gasteiger partial charge in [-0.05, 0) is 78.7 Å². The molecule has 0 spiro atoms. The van der Waals surface area contributed by atoms with Crippen molar-refractivity contribution in [3.63, 3.8) is 0 Å². The number of hydrogen-bond acceptors (Lipinski definition) is 0. The van der Waals surface area contributed by atoms with E-state index in [2.05, 4.69) is 43.8 Å². The molecule has 0 radical (unpaired) electrons. The van der Waals surface area contributed by atoms with Crippen LogP contribution in [0.3, 0.4) is 0 Å². The van der Waals surface area contributed by atoms with Crippen LogP contribution in [-0.4, -0.2) is 0 Å². The normalized spacial score (nSPS) is 20.1. The van der Waals surface area contributed by atoms with E-state index in [-0.39, 0.29) is 5.82 Å². The van der Waals surface area contributed by atoms with Gasteiger partial charge >= 0.3 is 0 Å². The molecule has 0 aromatic heterocycles. The highest BCUT2D eigenvalue weighted by Crippen LogP contribution is 2.39. The molecule has 0 amide bonds. The van der Waals surface area contributed by atoms with Gasteiger partial charge in [-0.3, -0.25) is 0 Å². The Hall–Kier alpha value is -1.89. The molecule has 0 nitrogen and oxygen atoms in total. The van der Waals surface area contributed by atoms with E-state index in [9.17, 15) is 4.39 Å². The van der Waals surface area contributed by atoms with Crippen molar-refractivity contribution in [1.82, 2.24) is 0 Å². The molecule has 0 saturated heterocycles. The molecule has 2 aromatic rings. The Balaban J connectivity index is 1.68. The van der Waals surface area contributed by atoms with Crippen molar-refractivity contribution in [3.8, 4) is 11.1 Å². The minimum atomic E-state index is -0.0304. The van der Waals surface area contributed by atoms with Crippen molar-refractivity contribution >= 4 is 0 Å². The lowest BCUT2D eigenvalue weighted by Crippen LogP contribution is -2.14. The van der Waals surface area contributed by atoms with Gasteiger partial charge in [-0.15, -0.1) is 6.58 Å². The molecule has 0 N–H and O–H groups in total. The highest BCUT2D eigenvalue weighted by atomic mass is 19.1. The number of hydrogen-bond donors (Lipinski definition) is 0. The molecule has 1 aliphatic rings. The van der Waals surface area contributed by atoms with Crippen LogP contribution in [0.1, 0.15) is 68.9 Å². The Labute approximate surface area is 158 Å². The number of aryl methyl sites for hydroxylation is 1. The van der Waals surface area contributed by atoms with Gasteiger partial charge in [0.2, 0.25) is 0 Å². The fraction of sp³-hybridized carbons (Fsp3) is 0.440. The molecule has 1 fully saturated rings. The summed E-state index contributed by atoms with van der Waals surface area (Å²) in [6.07, 6.45) is 11.3. The quantitative estimate of drug-likeness (QED) is 0.449. The van der Waals surface area contributed by atoms with Gasteiger partial charge in [0.05, 0.1) is 0 Å². The number of halogens is 1. The van der Waals surface area contributed by atoms with Crippen molar-refractivity contribution in [1.29, 1.82) is 0 Å². The zero-order valence-corrected chi connectivity index (χ0v) is 16.0. The predicted octanol–water partition coefficient (Wildman–Crippen LogP) is 7.69. The molecule has 0 heterocycles. The second-order valence-electron chi connectivity index (χ2n) is 7.77. The predicted molar refractivity (Wildman–Crippen MR) is 110 cm³/mol. The largest absolute Gasteiger partial charge is 0.207 e. The van der Waals surface area contributed by atoms with Gasteiger partial charge in [0.15, 0.2) is 0 Å². The first-order valence-electron chi connectivity index (χ1n) is 10.2. The molecular weight excluding hydrogens is 319 g/mol. The van der Waals surface area contributed by atoms with Crippen LogP contribution in [0.5, 0.6) is 0 Å². The third-order valence-electron chi connectivity index (χ3n) is 5.91. The molecule has 26 heavy (non-hydrogen) atoms.